The Bertz CT molecular complexity index is 922. The van der Waals surface area contributed by atoms with Gasteiger partial charge in [-0.2, -0.15) is 0 Å². The molecule has 0 heterocycles. The lowest BCUT2D eigenvalue weighted by Crippen LogP contribution is -2.16. The van der Waals surface area contributed by atoms with Crippen LogP contribution < -0.4 is 5.32 Å². The van der Waals surface area contributed by atoms with Crippen molar-refractivity contribution < 1.29 is 9.18 Å². The molecular formula is C23H20FNO. The van der Waals surface area contributed by atoms with Crippen LogP contribution in [0.1, 0.15) is 29.0 Å². The fraction of sp³-hybridized carbons (Fsp3) is 0.174. The molecule has 2 unspecified atom stereocenters. The zero-order valence-electron chi connectivity index (χ0n) is 14.4. The molecule has 2 atom stereocenters. The highest BCUT2D eigenvalue weighted by atomic mass is 19.1. The minimum Gasteiger partial charge on any atom is -0.326 e. The van der Waals surface area contributed by atoms with Gasteiger partial charge in [-0.25, -0.2) is 4.39 Å². The molecule has 3 aromatic rings. The average Bonchev–Trinajstić information content (AvgIpc) is 3.45. The Hall–Kier alpha value is -2.94. The van der Waals surface area contributed by atoms with Gasteiger partial charge in [0.15, 0.2) is 0 Å². The van der Waals surface area contributed by atoms with Gasteiger partial charge in [-0.3, -0.25) is 4.79 Å². The summed E-state index contributed by atoms with van der Waals surface area (Å²) in [6, 6.07) is 24.8. The molecule has 0 saturated heterocycles. The van der Waals surface area contributed by atoms with Crippen molar-refractivity contribution in [3.8, 4) is 0 Å². The van der Waals surface area contributed by atoms with Crippen LogP contribution in [0.4, 0.5) is 10.1 Å². The SMILES string of the molecule is O=C(Nc1ccccc1Cc1ccccc1)C1CC1c1ccccc1F. The van der Waals surface area contributed by atoms with Gasteiger partial charge in [0, 0.05) is 11.6 Å². The lowest BCUT2D eigenvalue weighted by molar-refractivity contribution is -0.117. The van der Waals surface area contributed by atoms with Gasteiger partial charge in [-0.15, -0.1) is 0 Å². The number of carbonyl (C=O) groups is 1. The van der Waals surface area contributed by atoms with Crippen LogP contribution in [0.25, 0.3) is 0 Å². The van der Waals surface area contributed by atoms with Crippen molar-refractivity contribution in [3.05, 3.63) is 101 Å². The van der Waals surface area contributed by atoms with Gasteiger partial charge in [0.05, 0.1) is 0 Å². The van der Waals surface area contributed by atoms with E-state index < -0.39 is 0 Å². The van der Waals surface area contributed by atoms with Gasteiger partial charge in [-0.1, -0.05) is 66.7 Å². The molecule has 130 valence electrons. The minimum absolute atomic E-state index is 0.0162. The maximum Gasteiger partial charge on any atom is 0.228 e. The summed E-state index contributed by atoms with van der Waals surface area (Å²) in [6.45, 7) is 0. The molecule has 4 rings (SSSR count). The van der Waals surface area contributed by atoms with E-state index in [0.717, 1.165) is 17.7 Å². The standard InChI is InChI=1S/C23H20FNO/c24-21-12-6-5-11-18(21)19-15-20(19)23(26)25-22-13-7-4-10-17(22)14-16-8-2-1-3-9-16/h1-13,19-20H,14-15H2,(H,25,26). The van der Waals surface area contributed by atoms with Crippen molar-refractivity contribution in [1.29, 1.82) is 0 Å². The Labute approximate surface area is 152 Å². The maximum atomic E-state index is 13.9. The first-order valence-electron chi connectivity index (χ1n) is 8.89. The van der Waals surface area contributed by atoms with Crippen molar-refractivity contribution in [2.75, 3.05) is 5.32 Å². The van der Waals surface area contributed by atoms with E-state index in [1.807, 2.05) is 48.5 Å². The Balaban J connectivity index is 1.47. The van der Waals surface area contributed by atoms with E-state index in [-0.39, 0.29) is 23.6 Å². The molecule has 3 heteroatoms. The topological polar surface area (TPSA) is 29.1 Å². The van der Waals surface area contributed by atoms with Gasteiger partial charge in [-0.05, 0) is 47.6 Å². The monoisotopic (exact) mass is 345 g/mol. The molecule has 3 aromatic carbocycles. The second-order valence-corrected chi connectivity index (χ2v) is 6.78. The second-order valence-electron chi connectivity index (χ2n) is 6.78. The Morgan fingerprint density at radius 1 is 0.923 bits per heavy atom. The first-order chi connectivity index (χ1) is 12.7. The molecule has 0 spiro atoms. The summed E-state index contributed by atoms with van der Waals surface area (Å²) in [6.07, 6.45) is 1.46. The first-order valence-corrected chi connectivity index (χ1v) is 8.89. The molecule has 1 saturated carbocycles. The number of para-hydroxylation sites is 1. The molecular weight excluding hydrogens is 325 g/mol. The van der Waals surface area contributed by atoms with Crippen LogP contribution in [-0.4, -0.2) is 5.91 Å². The zero-order valence-corrected chi connectivity index (χ0v) is 14.4. The molecule has 1 aliphatic rings. The number of carbonyl (C=O) groups excluding carboxylic acids is 1. The quantitative estimate of drug-likeness (QED) is 0.680. The number of rotatable bonds is 5. The van der Waals surface area contributed by atoms with E-state index in [2.05, 4.69) is 17.4 Å². The summed E-state index contributed by atoms with van der Waals surface area (Å²) in [5, 5.41) is 3.05. The van der Waals surface area contributed by atoms with E-state index in [1.54, 1.807) is 12.1 Å². The van der Waals surface area contributed by atoms with E-state index in [1.165, 1.54) is 11.6 Å². The Morgan fingerprint density at radius 2 is 1.62 bits per heavy atom. The third kappa shape index (κ3) is 3.52. The fourth-order valence-electron chi connectivity index (χ4n) is 3.44. The molecule has 0 bridgehead atoms. The highest BCUT2D eigenvalue weighted by Crippen LogP contribution is 2.48. The number of amides is 1. The average molecular weight is 345 g/mol. The molecule has 26 heavy (non-hydrogen) atoms. The smallest absolute Gasteiger partial charge is 0.228 e. The van der Waals surface area contributed by atoms with E-state index in [0.29, 0.717) is 12.0 Å². The van der Waals surface area contributed by atoms with Crippen LogP contribution >= 0.6 is 0 Å². The third-order valence-electron chi connectivity index (χ3n) is 4.94. The normalized spacial score (nSPS) is 18.3. The number of anilines is 1. The van der Waals surface area contributed by atoms with Crippen LogP contribution in [0, 0.1) is 11.7 Å². The van der Waals surface area contributed by atoms with Crippen LogP contribution in [-0.2, 0) is 11.2 Å². The number of hydrogen-bond acceptors (Lipinski definition) is 1. The highest BCUT2D eigenvalue weighted by Gasteiger charge is 2.45. The Morgan fingerprint density at radius 3 is 2.42 bits per heavy atom. The largest absolute Gasteiger partial charge is 0.326 e. The highest BCUT2D eigenvalue weighted by molar-refractivity contribution is 5.95. The van der Waals surface area contributed by atoms with Crippen LogP contribution in [0.15, 0.2) is 78.9 Å². The van der Waals surface area contributed by atoms with Crippen LogP contribution in [0.3, 0.4) is 0 Å². The molecule has 1 fully saturated rings. The van der Waals surface area contributed by atoms with Gasteiger partial charge in [0.2, 0.25) is 5.91 Å². The van der Waals surface area contributed by atoms with Crippen LogP contribution in [0.5, 0.6) is 0 Å². The number of benzene rings is 3. The maximum absolute atomic E-state index is 13.9. The number of nitrogens with one attached hydrogen (secondary N) is 1. The van der Waals surface area contributed by atoms with Crippen molar-refractivity contribution in [2.45, 2.75) is 18.8 Å². The molecule has 2 nitrogen and oxygen atoms in total. The summed E-state index contributed by atoms with van der Waals surface area (Å²) in [7, 11) is 0. The fourth-order valence-corrected chi connectivity index (χ4v) is 3.44. The van der Waals surface area contributed by atoms with Gasteiger partial charge >= 0.3 is 0 Å². The summed E-state index contributed by atoms with van der Waals surface area (Å²) in [5.41, 5.74) is 3.76. The van der Waals surface area contributed by atoms with Gasteiger partial charge in [0.25, 0.3) is 0 Å². The van der Waals surface area contributed by atoms with E-state index in [9.17, 15) is 9.18 Å². The van der Waals surface area contributed by atoms with Crippen molar-refractivity contribution in [2.24, 2.45) is 5.92 Å². The lowest BCUT2D eigenvalue weighted by atomic mass is 10.0. The number of hydrogen-bond donors (Lipinski definition) is 1. The van der Waals surface area contributed by atoms with E-state index >= 15 is 0 Å². The third-order valence-corrected chi connectivity index (χ3v) is 4.94. The summed E-state index contributed by atoms with van der Waals surface area (Å²) in [4.78, 5) is 12.6. The Kier molecular flexibility index (Phi) is 4.53. The molecule has 0 aromatic heterocycles. The minimum atomic E-state index is -0.225. The molecule has 0 radical (unpaired) electrons. The van der Waals surface area contributed by atoms with Crippen molar-refractivity contribution in [3.63, 3.8) is 0 Å². The van der Waals surface area contributed by atoms with Crippen molar-refractivity contribution in [1.82, 2.24) is 0 Å². The van der Waals surface area contributed by atoms with Gasteiger partial charge < -0.3 is 5.32 Å². The zero-order chi connectivity index (χ0) is 17.9. The number of halogens is 1. The van der Waals surface area contributed by atoms with Gasteiger partial charge in [0.1, 0.15) is 5.82 Å². The molecule has 1 N–H and O–H groups in total. The molecule has 1 amide bonds. The first kappa shape index (κ1) is 16.5. The predicted molar refractivity (Wildman–Crippen MR) is 102 cm³/mol. The lowest BCUT2D eigenvalue weighted by Gasteiger charge is -2.11. The summed E-state index contributed by atoms with van der Waals surface area (Å²) in [5.74, 6) is -0.426. The molecule has 0 aliphatic heterocycles. The molecule has 1 aliphatic carbocycles. The summed E-state index contributed by atoms with van der Waals surface area (Å²) >= 11 is 0. The van der Waals surface area contributed by atoms with Crippen LogP contribution in [0.2, 0.25) is 0 Å². The van der Waals surface area contributed by atoms with Crippen molar-refractivity contribution >= 4 is 11.6 Å². The summed E-state index contributed by atoms with van der Waals surface area (Å²) < 4.78 is 13.9. The second kappa shape index (κ2) is 7.12. The predicted octanol–water partition coefficient (Wildman–Crippen LogP) is 5.16. The van der Waals surface area contributed by atoms with E-state index in [4.69, 9.17) is 0 Å².